The lowest BCUT2D eigenvalue weighted by molar-refractivity contribution is -0.118. The summed E-state index contributed by atoms with van der Waals surface area (Å²) < 4.78 is 5.40. The third-order valence-electron chi connectivity index (χ3n) is 2.25. The van der Waals surface area contributed by atoms with Gasteiger partial charge in [0.25, 0.3) is 0 Å². The Morgan fingerprint density at radius 1 is 1.44 bits per heavy atom. The Kier molecular flexibility index (Phi) is 6.53. The van der Waals surface area contributed by atoms with Gasteiger partial charge in [-0.15, -0.1) is 0 Å². The Morgan fingerprint density at radius 3 is 3.00 bits per heavy atom. The molecule has 6 heteroatoms. The first-order chi connectivity index (χ1) is 8.72. The lowest BCUT2D eigenvalue weighted by atomic mass is 10.2. The number of ether oxygens (including phenoxy) is 1. The highest BCUT2D eigenvalue weighted by Gasteiger charge is 1.99. The summed E-state index contributed by atoms with van der Waals surface area (Å²) in [5, 5.41) is 3.15. The maximum absolute atomic E-state index is 10.5. The molecule has 0 fully saturated rings. The minimum atomic E-state index is -0.257. The van der Waals surface area contributed by atoms with E-state index in [0.717, 1.165) is 31.6 Å². The third kappa shape index (κ3) is 6.03. The van der Waals surface area contributed by atoms with E-state index in [2.05, 4.69) is 15.3 Å². The first-order valence-electron chi connectivity index (χ1n) is 6.19. The molecule has 0 unspecified atom stereocenters. The molecule has 0 spiro atoms. The molecule has 3 N–H and O–H groups in total. The van der Waals surface area contributed by atoms with Gasteiger partial charge in [0.15, 0.2) is 0 Å². The van der Waals surface area contributed by atoms with Crippen LogP contribution in [0.25, 0.3) is 0 Å². The molecule has 0 aliphatic carbocycles. The van der Waals surface area contributed by atoms with E-state index in [1.54, 1.807) is 6.07 Å². The Hall–Kier alpha value is -1.85. The summed E-state index contributed by atoms with van der Waals surface area (Å²) in [5.41, 5.74) is 5.06. The van der Waals surface area contributed by atoms with Gasteiger partial charge in [0.2, 0.25) is 11.8 Å². The molecular formula is C12H20N4O2. The second-order valence-corrected chi connectivity index (χ2v) is 3.94. The predicted molar refractivity (Wildman–Crippen MR) is 69.4 cm³/mol. The van der Waals surface area contributed by atoms with Crippen molar-refractivity contribution in [1.29, 1.82) is 0 Å². The number of carbonyl (C=O) groups excluding carboxylic acids is 1. The zero-order valence-corrected chi connectivity index (χ0v) is 10.7. The molecule has 1 amide bonds. The van der Waals surface area contributed by atoms with Gasteiger partial charge in [-0.3, -0.25) is 4.79 Å². The number of unbranched alkanes of at least 4 members (excludes halogenated alkanes) is 1. The van der Waals surface area contributed by atoms with Gasteiger partial charge in [0.1, 0.15) is 12.1 Å². The van der Waals surface area contributed by atoms with Crippen LogP contribution >= 0.6 is 0 Å². The zero-order valence-electron chi connectivity index (χ0n) is 10.7. The average Bonchev–Trinajstić information content (AvgIpc) is 2.36. The third-order valence-corrected chi connectivity index (χ3v) is 2.25. The summed E-state index contributed by atoms with van der Waals surface area (Å²) in [5.74, 6) is 1.05. The second kappa shape index (κ2) is 8.27. The van der Waals surface area contributed by atoms with Crippen molar-refractivity contribution in [2.75, 3.05) is 18.5 Å². The molecule has 6 nitrogen and oxygen atoms in total. The van der Waals surface area contributed by atoms with Crippen LogP contribution in [0.4, 0.5) is 5.82 Å². The number of nitrogens with zero attached hydrogens (tertiary/aromatic N) is 2. The van der Waals surface area contributed by atoms with Gasteiger partial charge in [-0.05, 0) is 19.3 Å². The topological polar surface area (TPSA) is 90.1 Å². The van der Waals surface area contributed by atoms with Crippen molar-refractivity contribution in [3.8, 4) is 5.88 Å². The van der Waals surface area contributed by atoms with E-state index in [1.165, 1.54) is 6.33 Å². The fourth-order valence-corrected chi connectivity index (χ4v) is 1.36. The molecule has 0 saturated carbocycles. The van der Waals surface area contributed by atoms with Crippen molar-refractivity contribution in [2.45, 2.75) is 32.6 Å². The summed E-state index contributed by atoms with van der Waals surface area (Å²) >= 11 is 0. The number of amides is 1. The van der Waals surface area contributed by atoms with Gasteiger partial charge >= 0.3 is 0 Å². The molecule has 0 aliphatic heterocycles. The van der Waals surface area contributed by atoms with Crippen molar-refractivity contribution in [2.24, 2.45) is 5.73 Å². The lowest BCUT2D eigenvalue weighted by Gasteiger charge is -2.07. The number of hydrogen-bond donors (Lipinski definition) is 2. The molecule has 0 aromatic carbocycles. The summed E-state index contributed by atoms with van der Waals surface area (Å²) in [6.07, 6.45) is 4.50. The van der Waals surface area contributed by atoms with Gasteiger partial charge in [0, 0.05) is 19.0 Å². The Balaban J connectivity index is 2.26. The summed E-state index contributed by atoms with van der Waals surface area (Å²) in [6, 6.07) is 1.77. The first-order valence-corrected chi connectivity index (χ1v) is 6.19. The fraction of sp³-hybridized carbons (Fsp3) is 0.583. The molecule has 1 aromatic heterocycles. The standard InChI is InChI=1S/C12H20N4O2/c1-2-7-18-12-8-11(15-9-16-12)14-6-4-3-5-10(13)17/h8-9H,2-7H2,1H3,(H2,13,17)(H,14,15,16). The van der Waals surface area contributed by atoms with Crippen molar-refractivity contribution < 1.29 is 9.53 Å². The van der Waals surface area contributed by atoms with Crippen LogP contribution in [0, 0.1) is 0 Å². The molecule has 0 bridgehead atoms. The van der Waals surface area contributed by atoms with Crippen molar-refractivity contribution in [1.82, 2.24) is 9.97 Å². The van der Waals surface area contributed by atoms with Crippen LogP contribution in [0.15, 0.2) is 12.4 Å². The maximum Gasteiger partial charge on any atom is 0.218 e. The monoisotopic (exact) mass is 252 g/mol. The molecule has 0 saturated heterocycles. The van der Waals surface area contributed by atoms with Crippen LogP contribution in [0.1, 0.15) is 32.6 Å². The molecule has 0 atom stereocenters. The number of anilines is 1. The zero-order chi connectivity index (χ0) is 13.2. The van der Waals surface area contributed by atoms with Gasteiger partial charge in [-0.1, -0.05) is 6.92 Å². The number of aromatic nitrogens is 2. The van der Waals surface area contributed by atoms with Crippen LogP contribution in [0.2, 0.25) is 0 Å². The van der Waals surface area contributed by atoms with Gasteiger partial charge < -0.3 is 15.8 Å². The first kappa shape index (κ1) is 14.2. The van der Waals surface area contributed by atoms with Crippen molar-refractivity contribution in [3.63, 3.8) is 0 Å². The molecule has 18 heavy (non-hydrogen) atoms. The molecule has 0 radical (unpaired) electrons. The SMILES string of the molecule is CCCOc1cc(NCCCCC(N)=O)ncn1. The predicted octanol–water partition coefficient (Wildman–Crippen LogP) is 1.33. The molecule has 1 heterocycles. The van der Waals surface area contributed by atoms with Crippen LogP contribution in [0.5, 0.6) is 5.88 Å². The van der Waals surface area contributed by atoms with E-state index in [1.807, 2.05) is 6.92 Å². The van der Waals surface area contributed by atoms with Gasteiger partial charge in [-0.25, -0.2) is 9.97 Å². The Labute approximate surface area is 107 Å². The quantitative estimate of drug-likeness (QED) is 0.647. The minimum Gasteiger partial charge on any atom is -0.478 e. The highest BCUT2D eigenvalue weighted by Crippen LogP contribution is 2.11. The fourth-order valence-electron chi connectivity index (χ4n) is 1.36. The van der Waals surface area contributed by atoms with E-state index in [9.17, 15) is 4.79 Å². The number of nitrogens with one attached hydrogen (secondary N) is 1. The summed E-state index contributed by atoms with van der Waals surface area (Å²) in [4.78, 5) is 18.6. The number of carbonyl (C=O) groups is 1. The van der Waals surface area contributed by atoms with Gasteiger partial charge in [-0.2, -0.15) is 0 Å². The normalized spacial score (nSPS) is 10.1. The molecule has 1 aromatic rings. The Morgan fingerprint density at radius 2 is 2.28 bits per heavy atom. The number of primary amides is 1. The molecule has 1 rings (SSSR count). The molecular weight excluding hydrogens is 232 g/mol. The summed E-state index contributed by atoms with van der Waals surface area (Å²) in [6.45, 7) is 3.44. The van der Waals surface area contributed by atoms with Crippen molar-refractivity contribution >= 4 is 11.7 Å². The molecule has 100 valence electrons. The van der Waals surface area contributed by atoms with Crippen LogP contribution in [-0.2, 0) is 4.79 Å². The van der Waals surface area contributed by atoms with Crippen LogP contribution in [-0.4, -0.2) is 29.0 Å². The average molecular weight is 252 g/mol. The highest BCUT2D eigenvalue weighted by atomic mass is 16.5. The second-order valence-electron chi connectivity index (χ2n) is 3.94. The minimum absolute atomic E-state index is 0.257. The van der Waals surface area contributed by atoms with E-state index in [0.29, 0.717) is 18.9 Å². The van der Waals surface area contributed by atoms with E-state index >= 15 is 0 Å². The molecule has 0 aliphatic rings. The van der Waals surface area contributed by atoms with Crippen LogP contribution < -0.4 is 15.8 Å². The van der Waals surface area contributed by atoms with Crippen LogP contribution in [0.3, 0.4) is 0 Å². The van der Waals surface area contributed by atoms with E-state index in [-0.39, 0.29) is 5.91 Å². The lowest BCUT2D eigenvalue weighted by Crippen LogP contribution is -2.11. The smallest absolute Gasteiger partial charge is 0.218 e. The maximum atomic E-state index is 10.5. The number of rotatable bonds is 9. The summed E-state index contributed by atoms with van der Waals surface area (Å²) in [7, 11) is 0. The van der Waals surface area contributed by atoms with E-state index in [4.69, 9.17) is 10.5 Å². The van der Waals surface area contributed by atoms with Gasteiger partial charge in [0.05, 0.1) is 6.61 Å². The number of hydrogen-bond acceptors (Lipinski definition) is 5. The Bertz CT molecular complexity index is 371. The van der Waals surface area contributed by atoms with Crippen molar-refractivity contribution in [3.05, 3.63) is 12.4 Å². The highest BCUT2D eigenvalue weighted by molar-refractivity contribution is 5.73. The number of nitrogens with two attached hydrogens (primary N) is 1. The largest absolute Gasteiger partial charge is 0.478 e. The van der Waals surface area contributed by atoms with E-state index < -0.39 is 0 Å².